The summed E-state index contributed by atoms with van der Waals surface area (Å²) in [6.45, 7) is 4.34. The minimum Gasteiger partial charge on any atom is -0.433 e. The third-order valence-corrected chi connectivity index (χ3v) is 5.87. The van der Waals surface area contributed by atoms with Gasteiger partial charge in [-0.1, -0.05) is 91.0 Å². The van der Waals surface area contributed by atoms with Gasteiger partial charge in [-0.3, -0.25) is 4.79 Å². The Hall–Kier alpha value is -3.03. The van der Waals surface area contributed by atoms with Crippen LogP contribution in [0.4, 0.5) is 0 Å². The van der Waals surface area contributed by atoms with Crippen LogP contribution in [0, 0.1) is 0 Å². The van der Waals surface area contributed by atoms with E-state index < -0.39 is 30.6 Å². The minimum absolute atomic E-state index is 0.317. The Bertz CT molecular complexity index is 1030. The highest BCUT2D eigenvalue weighted by molar-refractivity contribution is 5.66. The Morgan fingerprint density at radius 1 is 0.657 bits per heavy atom. The predicted molar refractivity (Wildman–Crippen MR) is 131 cm³/mol. The monoisotopic (exact) mass is 476 g/mol. The van der Waals surface area contributed by atoms with Crippen LogP contribution in [0.25, 0.3) is 0 Å². The van der Waals surface area contributed by atoms with Crippen LogP contribution in [0.2, 0.25) is 0 Å². The zero-order chi connectivity index (χ0) is 24.5. The summed E-state index contributed by atoms with van der Waals surface area (Å²) in [7, 11) is 0. The highest BCUT2D eigenvalue weighted by Crippen LogP contribution is 2.31. The van der Waals surface area contributed by atoms with Gasteiger partial charge >= 0.3 is 5.97 Å². The van der Waals surface area contributed by atoms with Crippen molar-refractivity contribution in [1.82, 2.24) is 0 Å². The second-order valence-corrected chi connectivity index (χ2v) is 8.60. The van der Waals surface area contributed by atoms with Gasteiger partial charge in [0.1, 0.15) is 18.3 Å². The molecule has 3 unspecified atom stereocenters. The van der Waals surface area contributed by atoms with Crippen molar-refractivity contribution in [3.8, 4) is 0 Å². The highest BCUT2D eigenvalue weighted by atomic mass is 16.7. The molecule has 1 heterocycles. The van der Waals surface area contributed by atoms with E-state index in [1.54, 1.807) is 0 Å². The van der Waals surface area contributed by atoms with Crippen molar-refractivity contribution in [2.45, 2.75) is 64.4 Å². The SMILES string of the molecule is CC(=O)O[C@@H]1OC(C)[C@H](OCc2ccccc2)C(OCc2ccccc2)C1OCc1ccccc1. The van der Waals surface area contributed by atoms with Gasteiger partial charge < -0.3 is 23.7 Å². The zero-order valence-electron chi connectivity index (χ0n) is 20.1. The molecule has 1 saturated heterocycles. The van der Waals surface area contributed by atoms with E-state index in [9.17, 15) is 4.79 Å². The van der Waals surface area contributed by atoms with Gasteiger partial charge in [0.25, 0.3) is 0 Å². The zero-order valence-corrected chi connectivity index (χ0v) is 20.1. The van der Waals surface area contributed by atoms with Crippen LogP contribution in [0.15, 0.2) is 91.0 Å². The number of rotatable bonds is 10. The summed E-state index contributed by atoms with van der Waals surface area (Å²) in [5, 5.41) is 0. The van der Waals surface area contributed by atoms with Crippen molar-refractivity contribution >= 4 is 5.97 Å². The fourth-order valence-electron chi connectivity index (χ4n) is 4.13. The first-order chi connectivity index (χ1) is 17.1. The Morgan fingerprint density at radius 2 is 1.06 bits per heavy atom. The first-order valence-corrected chi connectivity index (χ1v) is 11.9. The molecule has 0 spiro atoms. The molecule has 0 bridgehead atoms. The van der Waals surface area contributed by atoms with Gasteiger partial charge in [0.15, 0.2) is 0 Å². The lowest BCUT2D eigenvalue weighted by Crippen LogP contribution is -2.60. The van der Waals surface area contributed by atoms with E-state index in [0.717, 1.165) is 16.7 Å². The Balaban J connectivity index is 1.57. The van der Waals surface area contributed by atoms with Crippen LogP contribution < -0.4 is 0 Å². The van der Waals surface area contributed by atoms with Crippen LogP contribution in [0.1, 0.15) is 30.5 Å². The highest BCUT2D eigenvalue weighted by Gasteiger charge is 2.48. The molecule has 3 aromatic carbocycles. The van der Waals surface area contributed by atoms with E-state index in [0.29, 0.717) is 19.8 Å². The molecular formula is C29H32O6. The normalized spacial score (nSPS) is 24.1. The van der Waals surface area contributed by atoms with Gasteiger partial charge in [-0.15, -0.1) is 0 Å². The first-order valence-electron chi connectivity index (χ1n) is 11.9. The molecule has 0 aliphatic carbocycles. The van der Waals surface area contributed by atoms with Crippen LogP contribution >= 0.6 is 0 Å². The summed E-state index contributed by atoms with van der Waals surface area (Å²) in [6, 6.07) is 29.7. The molecule has 0 amide bonds. The van der Waals surface area contributed by atoms with Crippen molar-refractivity contribution < 1.29 is 28.5 Å². The van der Waals surface area contributed by atoms with Gasteiger partial charge in [-0.2, -0.15) is 0 Å². The predicted octanol–water partition coefficient (Wildman–Crippen LogP) is 5.05. The molecule has 6 heteroatoms. The number of carbonyl (C=O) groups is 1. The van der Waals surface area contributed by atoms with Gasteiger partial charge in [-0.25, -0.2) is 0 Å². The first kappa shape index (κ1) is 25.1. The van der Waals surface area contributed by atoms with E-state index in [-0.39, 0.29) is 6.10 Å². The quantitative estimate of drug-likeness (QED) is 0.382. The summed E-state index contributed by atoms with van der Waals surface area (Å²) < 4.78 is 30.7. The van der Waals surface area contributed by atoms with E-state index in [2.05, 4.69) is 0 Å². The average Bonchev–Trinajstić information content (AvgIpc) is 2.88. The molecule has 184 valence electrons. The topological polar surface area (TPSA) is 63.2 Å². The van der Waals surface area contributed by atoms with Crippen molar-refractivity contribution in [2.24, 2.45) is 0 Å². The lowest BCUT2D eigenvalue weighted by Gasteiger charge is -2.44. The van der Waals surface area contributed by atoms with Crippen LogP contribution in [-0.4, -0.2) is 36.7 Å². The summed E-state index contributed by atoms with van der Waals surface area (Å²) in [5.41, 5.74) is 3.07. The number of esters is 1. The summed E-state index contributed by atoms with van der Waals surface area (Å²) in [4.78, 5) is 11.9. The molecule has 1 aliphatic heterocycles. The maximum atomic E-state index is 11.9. The van der Waals surface area contributed by atoms with E-state index >= 15 is 0 Å². The second kappa shape index (κ2) is 12.6. The third kappa shape index (κ3) is 7.23. The lowest BCUT2D eigenvalue weighted by atomic mass is 9.98. The van der Waals surface area contributed by atoms with Gasteiger partial charge in [-0.05, 0) is 23.6 Å². The summed E-state index contributed by atoms with van der Waals surface area (Å²) >= 11 is 0. The summed E-state index contributed by atoms with van der Waals surface area (Å²) in [5.74, 6) is -0.444. The largest absolute Gasteiger partial charge is 0.433 e. The number of ether oxygens (including phenoxy) is 5. The maximum absolute atomic E-state index is 11.9. The van der Waals surface area contributed by atoms with Crippen LogP contribution in [0.3, 0.4) is 0 Å². The average molecular weight is 477 g/mol. The van der Waals surface area contributed by atoms with Crippen LogP contribution in [-0.2, 0) is 48.3 Å². The molecule has 6 nitrogen and oxygen atoms in total. The smallest absolute Gasteiger partial charge is 0.305 e. The Morgan fingerprint density at radius 3 is 1.49 bits per heavy atom. The van der Waals surface area contributed by atoms with E-state index in [1.807, 2.05) is 97.9 Å². The van der Waals surface area contributed by atoms with Crippen molar-refractivity contribution in [3.63, 3.8) is 0 Å². The molecule has 1 fully saturated rings. The molecular weight excluding hydrogens is 444 g/mol. The number of benzene rings is 3. The molecule has 35 heavy (non-hydrogen) atoms. The fraction of sp³-hybridized carbons (Fsp3) is 0.345. The Labute approximate surface area is 206 Å². The molecule has 1 aliphatic rings. The lowest BCUT2D eigenvalue weighted by molar-refractivity contribution is -0.311. The van der Waals surface area contributed by atoms with Crippen molar-refractivity contribution in [3.05, 3.63) is 108 Å². The standard InChI is InChI=1S/C29H32O6/c1-21-26(31-18-23-12-6-3-7-13-23)27(32-19-24-14-8-4-9-15-24)28(29(34-21)35-22(2)30)33-20-25-16-10-5-11-17-25/h3-17,21,26-29H,18-20H2,1-2H3/t21?,26-,27?,28?,29-/m0/s1. The molecule has 4 rings (SSSR count). The number of hydrogen-bond acceptors (Lipinski definition) is 6. The second-order valence-electron chi connectivity index (χ2n) is 8.60. The Kier molecular flexibility index (Phi) is 9.03. The molecule has 5 atom stereocenters. The van der Waals surface area contributed by atoms with E-state index in [1.165, 1.54) is 6.92 Å². The molecule has 0 radical (unpaired) electrons. The van der Waals surface area contributed by atoms with Crippen molar-refractivity contribution in [2.75, 3.05) is 0 Å². The van der Waals surface area contributed by atoms with Crippen LogP contribution in [0.5, 0.6) is 0 Å². The molecule has 3 aromatic rings. The van der Waals surface area contributed by atoms with Gasteiger partial charge in [0, 0.05) is 6.92 Å². The third-order valence-electron chi connectivity index (χ3n) is 5.87. The number of carbonyl (C=O) groups excluding carboxylic acids is 1. The van der Waals surface area contributed by atoms with Crippen molar-refractivity contribution in [1.29, 1.82) is 0 Å². The number of hydrogen-bond donors (Lipinski definition) is 0. The molecule has 0 saturated carbocycles. The fourth-order valence-corrected chi connectivity index (χ4v) is 4.13. The molecule has 0 aromatic heterocycles. The maximum Gasteiger partial charge on any atom is 0.305 e. The van der Waals surface area contributed by atoms with Gasteiger partial charge in [0.05, 0.1) is 25.9 Å². The van der Waals surface area contributed by atoms with Gasteiger partial charge in [0.2, 0.25) is 6.29 Å². The minimum atomic E-state index is -0.913. The van der Waals surface area contributed by atoms with E-state index in [4.69, 9.17) is 23.7 Å². The molecule has 0 N–H and O–H groups in total. The summed E-state index contributed by atoms with van der Waals surface area (Å²) in [6.07, 6.45) is -2.95.